The normalized spacial score (nSPS) is 12.6. The first-order valence-corrected chi connectivity index (χ1v) is 6.44. The molecule has 5 nitrogen and oxygen atoms in total. The topological polar surface area (TPSA) is 92.4 Å². The molecule has 1 aromatic carbocycles. The van der Waals surface area contributed by atoms with E-state index in [2.05, 4.69) is 5.32 Å². The molecule has 0 aliphatic carbocycles. The summed E-state index contributed by atoms with van der Waals surface area (Å²) in [4.78, 5) is 22.5. The molecule has 0 aliphatic heterocycles. The maximum absolute atomic E-state index is 11.8. The highest BCUT2D eigenvalue weighted by molar-refractivity contribution is 5.92. The summed E-state index contributed by atoms with van der Waals surface area (Å²) in [6.45, 7) is 3.74. The molecule has 0 saturated heterocycles. The highest BCUT2D eigenvalue weighted by Crippen LogP contribution is 2.09. The Balaban J connectivity index is 2.63. The Hall–Kier alpha value is -2.30. The zero-order valence-electron chi connectivity index (χ0n) is 11.7. The van der Waals surface area contributed by atoms with Crippen LogP contribution in [0.4, 0.5) is 5.69 Å². The maximum atomic E-state index is 11.8. The van der Waals surface area contributed by atoms with Crippen molar-refractivity contribution < 1.29 is 14.7 Å². The molecule has 20 heavy (non-hydrogen) atoms. The lowest BCUT2D eigenvalue weighted by molar-refractivity contribution is -0.138. The predicted octanol–water partition coefficient (Wildman–Crippen LogP) is 1.90. The Morgan fingerprint density at radius 1 is 1.40 bits per heavy atom. The van der Waals surface area contributed by atoms with Crippen molar-refractivity contribution >= 4 is 23.6 Å². The molecular formula is C15H20N2O3. The molecule has 0 fully saturated rings. The van der Waals surface area contributed by atoms with Crippen LogP contribution in [-0.2, 0) is 9.59 Å². The van der Waals surface area contributed by atoms with E-state index in [1.165, 1.54) is 6.08 Å². The van der Waals surface area contributed by atoms with Gasteiger partial charge in [-0.05, 0) is 29.7 Å². The molecule has 1 unspecified atom stereocenters. The average Bonchev–Trinajstić information content (AvgIpc) is 2.35. The van der Waals surface area contributed by atoms with Crippen LogP contribution in [0.5, 0.6) is 0 Å². The van der Waals surface area contributed by atoms with Crippen LogP contribution in [0.1, 0.15) is 25.8 Å². The third-order valence-corrected chi connectivity index (χ3v) is 2.86. The van der Waals surface area contributed by atoms with Gasteiger partial charge in [0.15, 0.2) is 0 Å². The smallest absolute Gasteiger partial charge is 0.305 e. The summed E-state index contributed by atoms with van der Waals surface area (Å²) in [5.74, 6) is -1.19. The van der Waals surface area contributed by atoms with Gasteiger partial charge in [0.1, 0.15) is 0 Å². The van der Waals surface area contributed by atoms with Gasteiger partial charge in [-0.3, -0.25) is 9.59 Å². The number of hydrogen-bond acceptors (Lipinski definition) is 3. The van der Waals surface area contributed by atoms with Crippen LogP contribution in [0, 0.1) is 5.92 Å². The van der Waals surface area contributed by atoms with Crippen LogP contribution in [-0.4, -0.2) is 23.0 Å². The van der Waals surface area contributed by atoms with Crippen LogP contribution < -0.4 is 11.1 Å². The number of nitrogens with one attached hydrogen (secondary N) is 1. The zero-order valence-corrected chi connectivity index (χ0v) is 11.7. The number of carbonyl (C=O) groups excluding carboxylic acids is 1. The molecule has 1 atom stereocenters. The Morgan fingerprint density at radius 2 is 2.10 bits per heavy atom. The molecule has 5 heteroatoms. The minimum Gasteiger partial charge on any atom is -0.481 e. The molecule has 108 valence electrons. The molecule has 0 aromatic heterocycles. The average molecular weight is 276 g/mol. The van der Waals surface area contributed by atoms with Crippen LogP contribution >= 0.6 is 0 Å². The molecule has 1 amide bonds. The van der Waals surface area contributed by atoms with Gasteiger partial charge in [-0.15, -0.1) is 0 Å². The summed E-state index contributed by atoms with van der Waals surface area (Å²) in [5, 5.41) is 11.5. The first-order valence-electron chi connectivity index (χ1n) is 6.44. The number of carbonyl (C=O) groups is 2. The van der Waals surface area contributed by atoms with Gasteiger partial charge in [-0.25, -0.2) is 0 Å². The van der Waals surface area contributed by atoms with Gasteiger partial charge in [0.05, 0.1) is 6.42 Å². The predicted molar refractivity (Wildman–Crippen MR) is 78.9 cm³/mol. The fourth-order valence-corrected chi connectivity index (χ4v) is 1.71. The van der Waals surface area contributed by atoms with E-state index in [0.717, 1.165) is 5.56 Å². The standard InChI is InChI=1S/C15H20N2O3/c1-10(2)13(9-15(19)20)17-14(18)7-6-11-4-3-5-12(16)8-11/h3-8,10,13H,9,16H2,1-2H3,(H,17,18)(H,19,20)/b7-6+. The fraction of sp³-hybridized carbons (Fsp3) is 0.333. The van der Waals surface area contributed by atoms with E-state index in [-0.39, 0.29) is 24.3 Å². The van der Waals surface area contributed by atoms with E-state index in [4.69, 9.17) is 10.8 Å². The summed E-state index contributed by atoms with van der Waals surface area (Å²) in [5.41, 5.74) is 7.08. The van der Waals surface area contributed by atoms with Crippen molar-refractivity contribution in [2.45, 2.75) is 26.3 Å². The molecule has 0 radical (unpaired) electrons. The quantitative estimate of drug-likeness (QED) is 0.546. The van der Waals surface area contributed by atoms with Crippen LogP contribution in [0.15, 0.2) is 30.3 Å². The Labute approximate surface area is 118 Å². The highest BCUT2D eigenvalue weighted by Gasteiger charge is 2.18. The number of aliphatic carboxylic acids is 1. The van der Waals surface area contributed by atoms with Crippen LogP contribution in [0.25, 0.3) is 6.08 Å². The summed E-state index contributed by atoms with van der Waals surface area (Å²) in [6, 6.07) is 6.76. The van der Waals surface area contributed by atoms with E-state index >= 15 is 0 Å². The molecule has 0 saturated carbocycles. The number of carboxylic acid groups (broad SMARTS) is 1. The molecular weight excluding hydrogens is 256 g/mol. The van der Waals surface area contributed by atoms with E-state index in [1.54, 1.807) is 24.3 Å². The van der Waals surface area contributed by atoms with Crippen molar-refractivity contribution in [2.24, 2.45) is 5.92 Å². The van der Waals surface area contributed by atoms with Gasteiger partial charge < -0.3 is 16.2 Å². The van der Waals surface area contributed by atoms with Crippen LogP contribution in [0.2, 0.25) is 0 Å². The minimum atomic E-state index is -0.927. The third kappa shape index (κ3) is 5.56. The molecule has 1 rings (SSSR count). The van der Waals surface area contributed by atoms with Gasteiger partial charge in [-0.1, -0.05) is 26.0 Å². The Bertz CT molecular complexity index is 510. The lowest BCUT2D eigenvalue weighted by Gasteiger charge is -2.19. The molecule has 0 bridgehead atoms. The third-order valence-electron chi connectivity index (χ3n) is 2.86. The van der Waals surface area contributed by atoms with Gasteiger partial charge in [0.2, 0.25) is 5.91 Å². The SMILES string of the molecule is CC(C)C(CC(=O)O)NC(=O)/C=C/c1cccc(N)c1. The fourth-order valence-electron chi connectivity index (χ4n) is 1.71. The second kappa shape index (κ2) is 7.33. The number of rotatable bonds is 6. The van der Waals surface area contributed by atoms with Crippen molar-refractivity contribution in [1.29, 1.82) is 0 Å². The molecule has 0 aliphatic rings. The summed E-state index contributed by atoms with van der Waals surface area (Å²) in [6.07, 6.45) is 2.94. The summed E-state index contributed by atoms with van der Waals surface area (Å²) < 4.78 is 0. The molecule has 4 N–H and O–H groups in total. The van der Waals surface area contributed by atoms with Gasteiger partial charge in [0.25, 0.3) is 0 Å². The van der Waals surface area contributed by atoms with E-state index < -0.39 is 5.97 Å². The number of benzene rings is 1. The van der Waals surface area contributed by atoms with Gasteiger partial charge in [-0.2, -0.15) is 0 Å². The van der Waals surface area contributed by atoms with Crippen molar-refractivity contribution in [2.75, 3.05) is 5.73 Å². The highest BCUT2D eigenvalue weighted by atomic mass is 16.4. The number of amides is 1. The first-order chi connectivity index (χ1) is 9.38. The largest absolute Gasteiger partial charge is 0.481 e. The zero-order chi connectivity index (χ0) is 15.1. The Kier molecular flexibility index (Phi) is 5.77. The van der Waals surface area contributed by atoms with Crippen molar-refractivity contribution in [3.8, 4) is 0 Å². The lowest BCUT2D eigenvalue weighted by atomic mass is 10.0. The molecule has 0 heterocycles. The van der Waals surface area contributed by atoms with E-state index in [1.807, 2.05) is 19.9 Å². The van der Waals surface area contributed by atoms with E-state index in [0.29, 0.717) is 5.69 Å². The van der Waals surface area contributed by atoms with E-state index in [9.17, 15) is 9.59 Å². The second-order valence-electron chi connectivity index (χ2n) is 4.96. The second-order valence-corrected chi connectivity index (χ2v) is 4.96. The summed E-state index contributed by atoms with van der Waals surface area (Å²) >= 11 is 0. The molecule has 0 spiro atoms. The monoisotopic (exact) mass is 276 g/mol. The number of nitrogens with two attached hydrogens (primary N) is 1. The first kappa shape index (κ1) is 15.8. The van der Waals surface area contributed by atoms with Crippen molar-refractivity contribution in [1.82, 2.24) is 5.32 Å². The number of anilines is 1. The van der Waals surface area contributed by atoms with Gasteiger partial charge in [0, 0.05) is 17.8 Å². The minimum absolute atomic E-state index is 0.0517. The number of nitrogen functional groups attached to an aromatic ring is 1. The maximum Gasteiger partial charge on any atom is 0.305 e. The number of hydrogen-bond donors (Lipinski definition) is 3. The van der Waals surface area contributed by atoms with Crippen molar-refractivity contribution in [3.63, 3.8) is 0 Å². The van der Waals surface area contributed by atoms with Crippen molar-refractivity contribution in [3.05, 3.63) is 35.9 Å². The van der Waals surface area contributed by atoms with Crippen LogP contribution in [0.3, 0.4) is 0 Å². The Morgan fingerprint density at radius 3 is 2.65 bits per heavy atom. The van der Waals surface area contributed by atoms with Gasteiger partial charge >= 0.3 is 5.97 Å². The number of carboxylic acids is 1. The summed E-state index contributed by atoms with van der Waals surface area (Å²) in [7, 11) is 0. The lowest BCUT2D eigenvalue weighted by Crippen LogP contribution is -2.39. The molecule has 1 aromatic rings.